The molecule has 0 saturated carbocycles. The van der Waals surface area contributed by atoms with Gasteiger partial charge in [0.2, 0.25) is 6.73 Å². The van der Waals surface area contributed by atoms with E-state index in [1.807, 2.05) is 7.05 Å². The molecule has 0 bridgehead atoms. The van der Waals surface area contributed by atoms with Crippen LogP contribution >= 0.6 is 0 Å². The lowest BCUT2D eigenvalue weighted by molar-refractivity contribution is -0.898. The third kappa shape index (κ3) is 13.8. The summed E-state index contributed by atoms with van der Waals surface area (Å²) in [6.45, 7) is 3.34. The number of unbranched alkanes of at least 4 members (excludes halogenated alkanes) is 8. The van der Waals surface area contributed by atoms with Crippen LogP contribution in [0.15, 0.2) is 0 Å². The molecule has 0 aromatic rings. The summed E-state index contributed by atoms with van der Waals surface area (Å²) >= 11 is 0. The van der Waals surface area contributed by atoms with Gasteiger partial charge < -0.3 is 14.7 Å². The van der Waals surface area contributed by atoms with E-state index in [4.69, 9.17) is 9.84 Å². The minimum atomic E-state index is -0.106. The van der Waals surface area contributed by atoms with Crippen molar-refractivity contribution in [3.8, 4) is 0 Å². The maximum atomic E-state index is 11.5. The molecule has 0 heterocycles. The maximum Gasteiger partial charge on any atom is 0.310 e. The molecule has 0 amide bonds. The van der Waals surface area contributed by atoms with Crippen LogP contribution in [0.3, 0.4) is 0 Å². The van der Waals surface area contributed by atoms with E-state index in [2.05, 4.69) is 6.92 Å². The molecule has 0 fully saturated rings. The molecule has 2 N–H and O–H groups in total. The minimum absolute atomic E-state index is 0.106. The van der Waals surface area contributed by atoms with Gasteiger partial charge in [-0.15, -0.1) is 0 Å². The van der Waals surface area contributed by atoms with Crippen molar-refractivity contribution in [2.45, 2.75) is 71.1 Å². The first-order valence-corrected chi connectivity index (χ1v) is 8.28. The minimum Gasteiger partial charge on any atom is -0.415 e. The average Bonchev–Trinajstić information content (AvgIpc) is 2.43. The molecule has 0 spiro atoms. The number of quaternary nitrogens is 1. The van der Waals surface area contributed by atoms with E-state index in [0.717, 1.165) is 17.7 Å². The fourth-order valence-corrected chi connectivity index (χ4v) is 2.12. The van der Waals surface area contributed by atoms with Crippen molar-refractivity contribution in [2.75, 3.05) is 26.9 Å². The van der Waals surface area contributed by atoms with Gasteiger partial charge in [-0.1, -0.05) is 58.3 Å². The highest BCUT2D eigenvalue weighted by atomic mass is 16.5. The normalized spacial score (nSPS) is 12.3. The molecule has 4 nitrogen and oxygen atoms in total. The Hall–Kier alpha value is -0.610. The van der Waals surface area contributed by atoms with Crippen LogP contribution in [0.2, 0.25) is 0 Å². The summed E-state index contributed by atoms with van der Waals surface area (Å²) in [6, 6.07) is 0. The Labute approximate surface area is 124 Å². The molecule has 1 unspecified atom stereocenters. The van der Waals surface area contributed by atoms with Crippen molar-refractivity contribution in [1.82, 2.24) is 0 Å². The zero-order valence-corrected chi connectivity index (χ0v) is 13.5. The smallest absolute Gasteiger partial charge is 0.310 e. The van der Waals surface area contributed by atoms with Gasteiger partial charge in [-0.3, -0.25) is 4.79 Å². The number of carbonyl (C=O) groups excluding carboxylic acids is 1. The Balaban J connectivity index is 3.23. The van der Waals surface area contributed by atoms with Gasteiger partial charge in [0.05, 0.1) is 13.7 Å². The van der Waals surface area contributed by atoms with Gasteiger partial charge >= 0.3 is 5.97 Å². The van der Waals surface area contributed by atoms with Crippen LogP contribution in [0.25, 0.3) is 0 Å². The lowest BCUT2D eigenvalue weighted by Gasteiger charge is -2.12. The highest BCUT2D eigenvalue weighted by Crippen LogP contribution is 2.10. The number of aliphatic hydroxyl groups is 1. The Morgan fingerprint density at radius 1 is 1.00 bits per heavy atom. The largest absolute Gasteiger partial charge is 0.415 e. The molecular weight excluding hydrogens is 254 g/mol. The van der Waals surface area contributed by atoms with E-state index in [-0.39, 0.29) is 12.6 Å². The summed E-state index contributed by atoms with van der Waals surface area (Å²) in [7, 11) is 1.90. The van der Waals surface area contributed by atoms with Crippen LogP contribution < -0.4 is 4.90 Å². The van der Waals surface area contributed by atoms with E-state index >= 15 is 0 Å². The van der Waals surface area contributed by atoms with Crippen LogP contribution in [-0.4, -0.2) is 38.0 Å². The molecule has 4 heteroatoms. The fourth-order valence-electron chi connectivity index (χ4n) is 2.12. The number of likely N-dealkylation sites (N-methyl/N-ethyl adjacent to an activating group) is 1. The predicted molar refractivity (Wildman–Crippen MR) is 81.6 cm³/mol. The van der Waals surface area contributed by atoms with Gasteiger partial charge in [0, 0.05) is 6.42 Å². The first-order chi connectivity index (χ1) is 9.70. The Morgan fingerprint density at radius 2 is 1.55 bits per heavy atom. The van der Waals surface area contributed by atoms with Gasteiger partial charge in [0.15, 0.2) is 0 Å². The second-order valence-electron chi connectivity index (χ2n) is 5.67. The van der Waals surface area contributed by atoms with Crippen molar-refractivity contribution in [3.05, 3.63) is 0 Å². The van der Waals surface area contributed by atoms with Gasteiger partial charge in [0.1, 0.15) is 6.54 Å². The van der Waals surface area contributed by atoms with E-state index < -0.39 is 0 Å². The monoisotopic (exact) mass is 288 g/mol. The second kappa shape index (κ2) is 14.8. The second-order valence-corrected chi connectivity index (χ2v) is 5.67. The molecule has 0 aromatic heterocycles. The highest BCUT2D eigenvalue weighted by Gasteiger charge is 2.06. The number of esters is 1. The van der Waals surface area contributed by atoms with Gasteiger partial charge in [-0.25, -0.2) is 0 Å². The molecule has 0 aromatic carbocycles. The van der Waals surface area contributed by atoms with E-state index in [0.29, 0.717) is 19.7 Å². The number of ether oxygens (including phenoxy) is 1. The van der Waals surface area contributed by atoms with E-state index in [1.165, 1.54) is 44.9 Å². The topological polar surface area (TPSA) is 51.0 Å². The van der Waals surface area contributed by atoms with Crippen molar-refractivity contribution < 1.29 is 19.5 Å². The number of aliphatic hydroxyl groups excluding tert-OH is 1. The summed E-state index contributed by atoms with van der Waals surface area (Å²) < 4.78 is 5.14. The molecule has 20 heavy (non-hydrogen) atoms. The molecule has 0 radical (unpaired) electrons. The molecule has 0 rings (SSSR count). The van der Waals surface area contributed by atoms with E-state index in [9.17, 15) is 4.79 Å². The number of nitrogens with one attached hydrogen (secondary N) is 1. The third-order valence-electron chi connectivity index (χ3n) is 3.50. The Kier molecular flexibility index (Phi) is 14.3. The lowest BCUT2D eigenvalue weighted by Crippen LogP contribution is -3.09. The quantitative estimate of drug-likeness (QED) is 0.292. The van der Waals surface area contributed by atoms with Gasteiger partial charge in [-0.05, 0) is 6.42 Å². The lowest BCUT2D eigenvalue weighted by atomic mass is 10.1. The molecule has 120 valence electrons. The molecule has 0 aliphatic heterocycles. The summed E-state index contributed by atoms with van der Waals surface area (Å²) in [5.74, 6) is -0.106. The number of rotatable bonds is 14. The summed E-state index contributed by atoms with van der Waals surface area (Å²) in [5.41, 5.74) is 0. The third-order valence-corrected chi connectivity index (χ3v) is 3.50. The Bertz CT molecular complexity index is 222. The maximum absolute atomic E-state index is 11.5. The zero-order valence-electron chi connectivity index (χ0n) is 13.5. The number of hydrogen-bond donors (Lipinski definition) is 2. The van der Waals surface area contributed by atoms with E-state index in [1.54, 1.807) is 0 Å². The van der Waals surface area contributed by atoms with Crippen molar-refractivity contribution in [3.63, 3.8) is 0 Å². The van der Waals surface area contributed by atoms with Crippen LogP contribution in [-0.2, 0) is 9.53 Å². The fraction of sp³-hybridized carbons (Fsp3) is 0.938. The predicted octanol–water partition coefficient (Wildman–Crippen LogP) is 1.91. The number of carbonyl (C=O) groups is 1. The van der Waals surface area contributed by atoms with Crippen molar-refractivity contribution in [1.29, 1.82) is 0 Å². The van der Waals surface area contributed by atoms with Gasteiger partial charge in [-0.2, -0.15) is 0 Å². The zero-order chi connectivity index (χ0) is 15.1. The molecule has 0 aliphatic rings. The SMILES string of the molecule is CCCCCCCCCCCC(=O)OC[NH+](C)CCO. The summed E-state index contributed by atoms with van der Waals surface area (Å²) in [6.07, 6.45) is 11.8. The number of hydrogen-bond acceptors (Lipinski definition) is 3. The molecule has 1 atom stereocenters. The molecule has 0 saturated heterocycles. The van der Waals surface area contributed by atoms with Crippen molar-refractivity contribution in [2.24, 2.45) is 0 Å². The van der Waals surface area contributed by atoms with Crippen LogP contribution in [0, 0.1) is 0 Å². The van der Waals surface area contributed by atoms with Crippen molar-refractivity contribution >= 4 is 5.97 Å². The highest BCUT2D eigenvalue weighted by molar-refractivity contribution is 5.69. The van der Waals surface area contributed by atoms with Crippen LogP contribution in [0.4, 0.5) is 0 Å². The first-order valence-electron chi connectivity index (χ1n) is 8.28. The average molecular weight is 288 g/mol. The summed E-state index contributed by atoms with van der Waals surface area (Å²) in [4.78, 5) is 12.5. The van der Waals surface area contributed by atoms with Crippen LogP contribution in [0.5, 0.6) is 0 Å². The summed E-state index contributed by atoms with van der Waals surface area (Å²) in [5, 5.41) is 8.73. The standard InChI is InChI=1S/C16H33NO3/c1-3-4-5-6-7-8-9-10-11-12-16(19)20-15-17(2)13-14-18/h18H,3-15H2,1-2H3/p+1. The molecular formula is C16H34NO3+. The Morgan fingerprint density at radius 3 is 2.10 bits per heavy atom. The molecule has 0 aliphatic carbocycles. The van der Waals surface area contributed by atoms with Gasteiger partial charge in [0.25, 0.3) is 0 Å². The van der Waals surface area contributed by atoms with Crippen LogP contribution in [0.1, 0.15) is 71.1 Å². The first kappa shape index (κ1) is 19.4.